The molecular formula is C26H32N2O3. The highest BCUT2D eigenvalue weighted by Crippen LogP contribution is 2.42. The van der Waals surface area contributed by atoms with Gasteiger partial charge in [-0.05, 0) is 38.3 Å². The number of carbonyl (C=O) groups excluding carboxylic acids is 2. The molecule has 5 nitrogen and oxygen atoms in total. The molecule has 2 fully saturated rings. The molecule has 2 saturated heterocycles. The minimum Gasteiger partial charge on any atom is -0.444 e. The Morgan fingerprint density at radius 1 is 0.935 bits per heavy atom. The number of ether oxygens (including phenoxy) is 1. The van der Waals surface area contributed by atoms with Crippen LogP contribution in [0.4, 0.5) is 4.79 Å². The van der Waals surface area contributed by atoms with Crippen molar-refractivity contribution in [1.82, 2.24) is 9.80 Å². The molecule has 1 spiro atoms. The third-order valence-corrected chi connectivity index (χ3v) is 6.32. The predicted octanol–water partition coefficient (Wildman–Crippen LogP) is 4.68. The van der Waals surface area contributed by atoms with Gasteiger partial charge in [0.2, 0.25) is 0 Å². The van der Waals surface area contributed by atoms with E-state index >= 15 is 0 Å². The van der Waals surface area contributed by atoms with Crippen molar-refractivity contribution < 1.29 is 14.3 Å². The SMILES string of the molecule is CC(C)(C)OC(=O)N1CCC(=O)C2(CCN(C(c3ccccc3)c3ccccc3)C2)C1. The lowest BCUT2D eigenvalue weighted by atomic mass is 9.78. The van der Waals surface area contributed by atoms with E-state index in [-0.39, 0.29) is 17.9 Å². The van der Waals surface area contributed by atoms with Crippen LogP contribution in [0, 0.1) is 5.41 Å². The Hall–Kier alpha value is -2.66. The molecular weight excluding hydrogens is 388 g/mol. The van der Waals surface area contributed by atoms with Gasteiger partial charge in [0.25, 0.3) is 0 Å². The number of likely N-dealkylation sites (tertiary alicyclic amines) is 2. The molecule has 164 valence electrons. The fourth-order valence-electron chi connectivity index (χ4n) is 4.88. The Morgan fingerprint density at radius 3 is 2.06 bits per heavy atom. The molecule has 0 radical (unpaired) electrons. The van der Waals surface area contributed by atoms with Crippen molar-refractivity contribution in [2.75, 3.05) is 26.2 Å². The van der Waals surface area contributed by atoms with Crippen LogP contribution in [0.15, 0.2) is 60.7 Å². The van der Waals surface area contributed by atoms with Crippen LogP contribution in [0.2, 0.25) is 0 Å². The Labute approximate surface area is 185 Å². The van der Waals surface area contributed by atoms with E-state index in [2.05, 4.69) is 53.4 Å². The van der Waals surface area contributed by atoms with Gasteiger partial charge >= 0.3 is 6.09 Å². The maximum absolute atomic E-state index is 13.1. The van der Waals surface area contributed by atoms with E-state index in [0.717, 1.165) is 13.0 Å². The molecule has 2 aliphatic heterocycles. The highest BCUT2D eigenvalue weighted by Gasteiger charge is 2.50. The summed E-state index contributed by atoms with van der Waals surface area (Å²) in [6.45, 7) is 7.97. The number of piperidine rings is 1. The minimum absolute atomic E-state index is 0.0893. The average molecular weight is 421 g/mol. The van der Waals surface area contributed by atoms with E-state index in [1.165, 1.54) is 11.1 Å². The van der Waals surface area contributed by atoms with E-state index in [0.29, 0.717) is 26.1 Å². The first-order valence-electron chi connectivity index (χ1n) is 11.1. The summed E-state index contributed by atoms with van der Waals surface area (Å²) in [5, 5.41) is 0. The van der Waals surface area contributed by atoms with Crippen LogP contribution in [0.1, 0.15) is 50.8 Å². The van der Waals surface area contributed by atoms with Gasteiger partial charge in [0, 0.05) is 32.6 Å². The van der Waals surface area contributed by atoms with Crippen molar-refractivity contribution in [2.45, 2.75) is 45.3 Å². The van der Waals surface area contributed by atoms with Gasteiger partial charge in [-0.2, -0.15) is 0 Å². The second-order valence-electron chi connectivity index (χ2n) is 9.80. The average Bonchev–Trinajstić information content (AvgIpc) is 3.15. The Kier molecular flexibility index (Phi) is 5.89. The highest BCUT2D eigenvalue weighted by atomic mass is 16.6. The van der Waals surface area contributed by atoms with Gasteiger partial charge < -0.3 is 9.64 Å². The fourth-order valence-corrected chi connectivity index (χ4v) is 4.88. The summed E-state index contributed by atoms with van der Waals surface area (Å²) < 4.78 is 5.59. The van der Waals surface area contributed by atoms with Crippen molar-refractivity contribution in [1.29, 1.82) is 0 Å². The summed E-state index contributed by atoms with van der Waals surface area (Å²) in [5.74, 6) is 0.273. The summed E-state index contributed by atoms with van der Waals surface area (Å²) in [7, 11) is 0. The van der Waals surface area contributed by atoms with Crippen molar-refractivity contribution in [2.24, 2.45) is 5.41 Å². The summed E-state index contributed by atoms with van der Waals surface area (Å²) in [5.41, 5.74) is 1.38. The molecule has 2 aromatic rings. The summed E-state index contributed by atoms with van der Waals surface area (Å²) in [4.78, 5) is 29.9. The molecule has 2 heterocycles. The zero-order valence-electron chi connectivity index (χ0n) is 18.7. The third-order valence-electron chi connectivity index (χ3n) is 6.32. The lowest BCUT2D eigenvalue weighted by molar-refractivity contribution is -0.132. The van der Waals surface area contributed by atoms with Crippen LogP contribution in [-0.2, 0) is 9.53 Å². The van der Waals surface area contributed by atoms with Crippen molar-refractivity contribution in [3.05, 3.63) is 71.8 Å². The molecule has 4 rings (SSSR count). The number of ketones is 1. The second-order valence-corrected chi connectivity index (χ2v) is 9.80. The number of rotatable bonds is 3. The van der Waals surface area contributed by atoms with Crippen molar-refractivity contribution in [3.8, 4) is 0 Å². The van der Waals surface area contributed by atoms with Crippen molar-refractivity contribution in [3.63, 3.8) is 0 Å². The molecule has 0 aromatic heterocycles. The standard InChI is InChI=1S/C26H32N2O3/c1-25(2,3)31-24(30)28-16-14-22(29)26(19-28)15-17-27(18-26)23(20-10-6-4-7-11-20)21-12-8-5-9-13-21/h4-13,23H,14-19H2,1-3H3. The van der Waals surface area contributed by atoms with Crippen LogP contribution < -0.4 is 0 Å². The Morgan fingerprint density at radius 2 is 1.52 bits per heavy atom. The largest absolute Gasteiger partial charge is 0.444 e. The molecule has 2 aliphatic rings. The summed E-state index contributed by atoms with van der Waals surface area (Å²) in [6.07, 6.45) is 0.843. The molecule has 0 N–H and O–H groups in total. The van der Waals surface area contributed by atoms with Gasteiger partial charge in [-0.25, -0.2) is 4.79 Å². The van der Waals surface area contributed by atoms with Crippen LogP contribution in [-0.4, -0.2) is 53.5 Å². The molecule has 5 heteroatoms. The second kappa shape index (κ2) is 8.46. The lowest BCUT2D eigenvalue weighted by Crippen LogP contribution is -2.53. The molecule has 2 aromatic carbocycles. The number of hydrogen-bond donors (Lipinski definition) is 0. The third kappa shape index (κ3) is 4.67. The van der Waals surface area contributed by atoms with E-state index in [1.807, 2.05) is 32.9 Å². The maximum atomic E-state index is 13.1. The maximum Gasteiger partial charge on any atom is 0.410 e. The normalized spacial score (nSPS) is 22.3. The van der Waals surface area contributed by atoms with Crippen LogP contribution in [0.5, 0.6) is 0 Å². The molecule has 0 bridgehead atoms. The van der Waals surface area contributed by atoms with Crippen LogP contribution in [0.3, 0.4) is 0 Å². The van der Waals surface area contributed by atoms with Crippen LogP contribution >= 0.6 is 0 Å². The number of nitrogens with zero attached hydrogens (tertiary/aromatic N) is 2. The number of Topliss-reactive ketones (excluding diaryl/α,β-unsaturated/α-hetero) is 1. The van der Waals surface area contributed by atoms with Gasteiger partial charge in [0.1, 0.15) is 11.4 Å². The molecule has 31 heavy (non-hydrogen) atoms. The first-order valence-corrected chi connectivity index (χ1v) is 11.1. The Balaban J connectivity index is 1.58. The number of carbonyl (C=O) groups is 2. The molecule has 0 aliphatic carbocycles. The topological polar surface area (TPSA) is 49.9 Å². The first-order chi connectivity index (χ1) is 14.8. The molecule has 1 unspecified atom stereocenters. The minimum atomic E-state index is -0.543. The lowest BCUT2D eigenvalue weighted by Gasteiger charge is -2.40. The molecule has 0 saturated carbocycles. The molecule has 1 amide bonds. The first kappa shape index (κ1) is 21.6. The predicted molar refractivity (Wildman–Crippen MR) is 121 cm³/mol. The van der Waals surface area contributed by atoms with E-state index < -0.39 is 11.0 Å². The van der Waals surface area contributed by atoms with E-state index in [4.69, 9.17) is 4.74 Å². The van der Waals surface area contributed by atoms with E-state index in [9.17, 15) is 9.59 Å². The van der Waals surface area contributed by atoms with Gasteiger partial charge in [-0.3, -0.25) is 9.69 Å². The van der Waals surface area contributed by atoms with Crippen molar-refractivity contribution >= 4 is 11.9 Å². The number of amides is 1. The summed E-state index contributed by atoms with van der Waals surface area (Å²) >= 11 is 0. The Bertz CT molecular complexity index is 883. The van der Waals surface area contributed by atoms with Gasteiger partial charge in [0.15, 0.2) is 0 Å². The smallest absolute Gasteiger partial charge is 0.410 e. The van der Waals surface area contributed by atoms with Crippen LogP contribution in [0.25, 0.3) is 0 Å². The van der Waals surface area contributed by atoms with Gasteiger partial charge in [-0.15, -0.1) is 0 Å². The zero-order valence-corrected chi connectivity index (χ0v) is 18.7. The molecule has 1 atom stereocenters. The monoisotopic (exact) mass is 420 g/mol. The van der Waals surface area contributed by atoms with Gasteiger partial charge in [0.05, 0.1) is 11.5 Å². The zero-order chi connectivity index (χ0) is 22.1. The highest BCUT2D eigenvalue weighted by molar-refractivity contribution is 5.88. The van der Waals surface area contributed by atoms with Gasteiger partial charge in [-0.1, -0.05) is 60.7 Å². The van der Waals surface area contributed by atoms with E-state index in [1.54, 1.807) is 4.90 Å². The number of hydrogen-bond acceptors (Lipinski definition) is 4. The summed E-state index contributed by atoms with van der Waals surface area (Å²) in [6, 6.07) is 21.0. The fraction of sp³-hybridized carbons (Fsp3) is 0.462. The quantitative estimate of drug-likeness (QED) is 0.724. The number of benzene rings is 2.